The summed E-state index contributed by atoms with van der Waals surface area (Å²) in [5.41, 5.74) is 0.522. The largest absolute Gasteiger partial charge is 0.390 e. The highest BCUT2D eigenvalue weighted by Gasteiger charge is 2.84. The van der Waals surface area contributed by atoms with Crippen LogP contribution in [0.5, 0.6) is 0 Å². The predicted octanol–water partition coefficient (Wildman–Crippen LogP) is 6.04. The Bertz CT molecular complexity index is 1300. The molecule has 2 aliphatic heterocycles. The second kappa shape index (κ2) is 11.4. The van der Waals surface area contributed by atoms with Crippen molar-refractivity contribution in [3.05, 3.63) is 0 Å². The molecule has 48 heavy (non-hydrogen) atoms. The molecule has 2 heterocycles. The smallest absolute Gasteiger partial charge is 0.223 e. The van der Waals surface area contributed by atoms with E-state index < -0.39 is 6.10 Å². The maximum absolute atomic E-state index is 12.9. The Morgan fingerprint density at radius 3 is 2.44 bits per heavy atom. The molecule has 0 aromatic carbocycles. The minimum atomic E-state index is -0.472. The van der Waals surface area contributed by atoms with Crippen molar-refractivity contribution in [3.63, 3.8) is 0 Å². The zero-order valence-corrected chi connectivity index (χ0v) is 31.0. The molecule has 2 amide bonds. The highest BCUT2D eigenvalue weighted by atomic mass is 16.7. The number of ether oxygens (including phenoxy) is 3. The second-order valence-corrected chi connectivity index (χ2v) is 19.4. The maximum Gasteiger partial charge on any atom is 0.223 e. The molecule has 13 atom stereocenters. The molecule has 0 aromatic rings. The average molecular weight is 669 g/mol. The number of aliphatic hydroxyl groups excluding tert-OH is 1. The average Bonchev–Trinajstić information content (AvgIpc) is 3.96. The lowest BCUT2D eigenvalue weighted by Crippen LogP contribution is -2.60. The van der Waals surface area contributed by atoms with Crippen LogP contribution in [0.3, 0.4) is 0 Å². The van der Waals surface area contributed by atoms with Gasteiger partial charge in [-0.3, -0.25) is 9.59 Å². The molecular weight excluding hydrogens is 604 g/mol. The first-order valence-corrected chi connectivity index (χ1v) is 19.8. The van der Waals surface area contributed by atoms with Crippen LogP contribution in [0.4, 0.5) is 0 Å². The zero-order valence-electron chi connectivity index (χ0n) is 31.0. The van der Waals surface area contributed by atoms with Gasteiger partial charge in [-0.05, 0) is 122 Å². The molecule has 8 fully saturated rings. The molecule has 8 nitrogen and oxygen atoms in total. The van der Waals surface area contributed by atoms with Gasteiger partial charge < -0.3 is 29.1 Å². The number of morpholine rings is 1. The molecule has 0 aromatic heterocycles. The summed E-state index contributed by atoms with van der Waals surface area (Å²) >= 11 is 0. The SMILES string of the molecule is CC1CC(CCC(=O)N(C)C)OC2C1C1(C)CCC34CC35CCC(OC3CN(C(=O)CC6CC6)CCO3)C(C)(C)C5CCC4C1(C)C2O. The van der Waals surface area contributed by atoms with Gasteiger partial charge in [-0.1, -0.05) is 34.6 Å². The van der Waals surface area contributed by atoms with Crippen molar-refractivity contribution >= 4 is 11.8 Å². The second-order valence-electron chi connectivity index (χ2n) is 19.4. The summed E-state index contributed by atoms with van der Waals surface area (Å²) in [6.07, 6.45) is 12.9. The Balaban J connectivity index is 0.981. The Morgan fingerprint density at radius 2 is 1.71 bits per heavy atom. The summed E-state index contributed by atoms with van der Waals surface area (Å²) in [5.74, 6) is 2.95. The van der Waals surface area contributed by atoms with Gasteiger partial charge in [-0.2, -0.15) is 0 Å². The summed E-state index contributed by atoms with van der Waals surface area (Å²) in [6, 6.07) is 0. The molecule has 6 saturated carbocycles. The lowest BCUT2D eigenvalue weighted by atomic mass is 9.41. The molecule has 2 saturated heterocycles. The highest BCUT2D eigenvalue weighted by molar-refractivity contribution is 5.77. The number of hydrogen-bond donors (Lipinski definition) is 1. The van der Waals surface area contributed by atoms with Crippen molar-refractivity contribution in [2.45, 2.75) is 149 Å². The Labute approximate surface area is 289 Å². The van der Waals surface area contributed by atoms with E-state index in [0.717, 1.165) is 19.3 Å². The first-order valence-electron chi connectivity index (χ1n) is 19.8. The van der Waals surface area contributed by atoms with E-state index in [9.17, 15) is 14.7 Å². The molecule has 8 heteroatoms. The van der Waals surface area contributed by atoms with Crippen LogP contribution in [0.15, 0.2) is 0 Å². The number of aliphatic hydroxyl groups is 1. The van der Waals surface area contributed by atoms with E-state index in [1.54, 1.807) is 4.90 Å². The molecule has 8 aliphatic rings. The number of carbonyl (C=O) groups excluding carboxylic acids is 2. The van der Waals surface area contributed by atoms with Gasteiger partial charge in [0.15, 0.2) is 6.29 Å². The molecule has 1 N–H and O–H groups in total. The van der Waals surface area contributed by atoms with Crippen molar-refractivity contribution in [2.75, 3.05) is 33.8 Å². The number of fused-ring (bicyclic) bond motifs is 4. The van der Waals surface area contributed by atoms with Gasteiger partial charge in [0.05, 0.1) is 37.6 Å². The summed E-state index contributed by atoms with van der Waals surface area (Å²) in [6.45, 7) is 14.1. The fraction of sp³-hybridized carbons (Fsp3) is 0.950. The van der Waals surface area contributed by atoms with E-state index in [2.05, 4.69) is 34.6 Å². The lowest BCUT2D eigenvalue weighted by molar-refractivity contribution is -0.248. The molecule has 0 bridgehead atoms. The van der Waals surface area contributed by atoms with Crippen LogP contribution in [0, 0.1) is 56.7 Å². The fourth-order valence-electron chi connectivity index (χ4n) is 14.1. The fourth-order valence-corrected chi connectivity index (χ4v) is 14.1. The highest BCUT2D eigenvalue weighted by Crippen LogP contribution is 2.89. The standard InChI is InChI=1S/C40H64N2O6/c1-24-20-26(10-13-30(43)41(6)7)47-34-33(24)37(4)16-17-40-23-39(40)15-14-29(36(2,3)27(39)11-12-28(40)38(37,5)35(34)45)48-32-22-42(18-19-46-32)31(44)21-25-8-9-25/h24-29,32-35,45H,8-23H2,1-7H3. The van der Waals surface area contributed by atoms with Gasteiger partial charge in [-0.15, -0.1) is 0 Å². The van der Waals surface area contributed by atoms with Crippen molar-refractivity contribution < 1.29 is 28.9 Å². The van der Waals surface area contributed by atoms with Crippen molar-refractivity contribution in [1.82, 2.24) is 9.80 Å². The normalized spacial score (nSPS) is 50.3. The van der Waals surface area contributed by atoms with Crippen LogP contribution in [-0.2, 0) is 23.8 Å². The van der Waals surface area contributed by atoms with Gasteiger partial charge in [0, 0.05) is 38.9 Å². The van der Waals surface area contributed by atoms with Crippen LogP contribution in [0.2, 0.25) is 0 Å². The Kier molecular flexibility index (Phi) is 8.04. The molecule has 2 spiro atoms. The Morgan fingerprint density at radius 1 is 0.979 bits per heavy atom. The first kappa shape index (κ1) is 33.9. The number of hydrogen-bond acceptors (Lipinski definition) is 6. The molecule has 13 unspecified atom stereocenters. The van der Waals surface area contributed by atoms with Crippen LogP contribution in [-0.4, -0.2) is 91.2 Å². The number of nitrogens with zero attached hydrogens (tertiary/aromatic N) is 2. The molecular formula is C40H64N2O6. The first-order chi connectivity index (χ1) is 22.7. The van der Waals surface area contributed by atoms with Crippen LogP contribution in [0.25, 0.3) is 0 Å². The van der Waals surface area contributed by atoms with E-state index in [1.165, 1.54) is 51.4 Å². The van der Waals surface area contributed by atoms with Crippen molar-refractivity contribution in [2.24, 2.45) is 56.7 Å². The van der Waals surface area contributed by atoms with Crippen molar-refractivity contribution in [1.29, 1.82) is 0 Å². The van der Waals surface area contributed by atoms with Crippen molar-refractivity contribution in [3.8, 4) is 0 Å². The third-order valence-corrected chi connectivity index (χ3v) is 16.9. The van der Waals surface area contributed by atoms with Crippen LogP contribution in [0.1, 0.15) is 118 Å². The van der Waals surface area contributed by atoms with Gasteiger partial charge in [0.25, 0.3) is 0 Å². The molecule has 6 aliphatic carbocycles. The summed E-state index contributed by atoms with van der Waals surface area (Å²) in [5, 5.41) is 12.5. The van der Waals surface area contributed by atoms with Gasteiger partial charge in [0.2, 0.25) is 11.8 Å². The van der Waals surface area contributed by atoms with Gasteiger partial charge in [-0.25, -0.2) is 0 Å². The Hall–Kier alpha value is -1.22. The van der Waals surface area contributed by atoms with Gasteiger partial charge in [0.1, 0.15) is 0 Å². The third-order valence-electron chi connectivity index (χ3n) is 16.9. The zero-order chi connectivity index (χ0) is 34.0. The number of amides is 2. The summed E-state index contributed by atoms with van der Waals surface area (Å²) in [7, 11) is 3.65. The number of carbonyl (C=O) groups is 2. The topological polar surface area (TPSA) is 88.5 Å². The predicted molar refractivity (Wildman–Crippen MR) is 183 cm³/mol. The van der Waals surface area contributed by atoms with E-state index in [4.69, 9.17) is 14.2 Å². The van der Waals surface area contributed by atoms with E-state index in [1.807, 2.05) is 19.0 Å². The number of rotatable bonds is 7. The summed E-state index contributed by atoms with van der Waals surface area (Å²) < 4.78 is 19.9. The van der Waals surface area contributed by atoms with E-state index >= 15 is 0 Å². The quantitative estimate of drug-likeness (QED) is 0.356. The van der Waals surface area contributed by atoms with E-state index in [0.29, 0.717) is 73.0 Å². The van der Waals surface area contributed by atoms with Crippen LogP contribution >= 0.6 is 0 Å². The van der Waals surface area contributed by atoms with Gasteiger partial charge >= 0.3 is 0 Å². The van der Waals surface area contributed by atoms with Crippen LogP contribution < -0.4 is 0 Å². The maximum atomic E-state index is 12.9. The third kappa shape index (κ3) is 4.72. The lowest BCUT2D eigenvalue weighted by Gasteiger charge is -2.64. The summed E-state index contributed by atoms with van der Waals surface area (Å²) in [4.78, 5) is 29.0. The molecule has 8 rings (SSSR count). The van der Waals surface area contributed by atoms with E-state index in [-0.39, 0.29) is 52.7 Å². The molecule has 270 valence electrons. The molecule has 0 radical (unpaired) electrons. The monoisotopic (exact) mass is 668 g/mol. The minimum Gasteiger partial charge on any atom is -0.390 e. The minimum absolute atomic E-state index is 0.0230.